The molecule has 0 spiro atoms. The van der Waals surface area contributed by atoms with Crippen LogP contribution in [0.25, 0.3) is 0 Å². The maximum absolute atomic E-state index is 12.0. The maximum atomic E-state index is 12.0. The van der Waals surface area contributed by atoms with E-state index in [1.54, 1.807) is 19.1 Å². The Morgan fingerprint density at radius 3 is 2.43 bits per heavy atom. The van der Waals surface area contributed by atoms with Gasteiger partial charge in [0.15, 0.2) is 0 Å². The number of nitrogens with two attached hydrogens (primary N) is 1. The molecule has 118 valence electrons. The molecule has 1 rings (SSSR count). The van der Waals surface area contributed by atoms with Gasteiger partial charge in [0.25, 0.3) is 11.6 Å². The van der Waals surface area contributed by atoms with Crippen LogP contribution in [-0.2, 0) is 5.41 Å². The fraction of sp³-hybridized carbons (Fsp3) is 0.500. The van der Waals surface area contributed by atoms with Gasteiger partial charge in [0.05, 0.1) is 4.92 Å². The first-order valence-electron chi connectivity index (χ1n) is 6.46. The zero-order valence-corrected chi connectivity index (χ0v) is 13.5. The van der Waals surface area contributed by atoms with Gasteiger partial charge in [-0.1, -0.05) is 26.8 Å². The number of carbonyl (C=O) groups excluding carboxylic acids is 1. The Kier molecular flexibility index (Phi) is 6.79. The first-order valence-corrected chi connectivity index (χ1v) is 6.46. The van der Waals surface area contributed by atoms with Crippen LogP contribution >= 0.6 is 12.4 Å². The molecule has 0 aliphatic carbocycles. The zero-order chi connectivity index (χ0) is 15.5. The third-order valence-electron chi connectivity index (χ3n) is 3.00. The highest BCUT2D eigenvalue weighted by atomic mass is 35.5. The Bertz CT molecular complexity index is 527. The largest absolute Gasteiger partial charge is 0.348 e. The first kappa shape index (κ1) is 19.3. The Morgan fingerprint density at radius 2 is 2.00 bits per heavy atom. The molecule has 0 saturated heterocycles. The van der Waals surface area contributed by atoms with Gasteiger partial charge in [-0.15, -0.1) is 12.4 Å². The third kappa shape index (κ3) is 4.99. The summed E-state index contributed by atoms with van der Waals surface area (Å²) in [5, 5.41) is 13.9. The van der Waals surface area contributed by atoms with Crippen LogP contribution in [0, 0.1) is 10.1 Å². The number of nitro groups is 1. The number of nitrogens with zero attached hydrogens (tertiary/aromatic N) is 1. The summed E-state index contributed by atoms with van der Waals surface area (Å²) in [6.45, 7) is 7.77. The van der Waals surface area contributed by atoms with Crippen molar-refractivity contribution in [2.75, 3.05) is 6.54 Å². The molecular weight excluding hydrogens is 294 g/mol. The molecule has 3 N–H and O–H groups in total. The van der Waals surface area contributed by atoms with E-state index in [9.17, 15) is 14.9 Å². The van der Waals surface area contributed by atoms with E-state index < -0.39 is 4.92 Å². The molecule has 0 saturated carbocycles. The molecular formula is C14H22ClN3O3. The highest BCUT2D eigenvalue weighted by molar-refractivity contribution is 5.95. The lowest BCUT2D eigenvalue weighted by molar-refractivity contribution is -0.386. The van der Waals surface area contributed by atoms with Crippen LogP contribution in [0.15, 0.2) is 18.2 Å². The van der Waals surface area contributed by atoms with E-state index in [0.717, 1.165) is 0 Å². The van der Waals surface area contributed by atoms with Crippen molar-refractivity contribution in [2.45, 2.75) is 39.2 Å². The molecule has 1 aromatic carbocycles. The Morgan fingerprint density at radius 1 is 1.43 bits per heavy atom. The van der Waals surface area contributed by atoms with E-state index in [4.69, 9.17) is 5.73 Å². The second kappa shape index (κ2) is 7.38. The van der Waals surface area contributed by atoms with Gasteiger partial charge in [0.1, 0.15) is 0 Å². The van der Waals surface area contributed by atoms with E-state index in [-0.39, 0.29) is 41.0 Å². The Hall–Kier alpha value is -1.66. The van der Waals surface area contributed by atoms with Crippen molar-refractivity contribution in [3.8, 4) is 0 Å². The lowest BCUT2D eigenvalue weighted by atomic mass is 9.85. The van der Waals surface area contributed by atoms with Crippen molar-refractivity contribution in [3.63, 3.8) is 0 Å². The second-order valence-corrected chi connectivity index (χ2v) is 5.85. The second-order valence-electron chi connectivity index (χ2n) is 5.85. The minimum atomic E-state index is -0.455. The number of halogens is 1. The van der Waals surface area contributed by atoms with Crippen LogP contribution in [0.3, 0.4) is 0 Å². The lowest BCUT2D eigenvalue weighted by Crippen LogP contribution is -2.37. The van der Waals surface area contributed by atoms with E-state index in [1.165, 1.54) is 6.07 Å². The minimum absolute atomic E-state index is 0. The fourth-order valence-electron chi connectivity index (χ4n) is 1.82. The maximum Gasteiger partial charge on any atom is 0.273 e. The molecule has 6 nitrogen and oxygen atoms in total. The molecule has 21 heavy (non-hydrogen) atoms. The van der Waals surface area contributed by atoms with Gasteiger partial charge in [-0.25, -0.2) is 0 Å². The number of nitro benzene ring substituents is 1. The van der Waals surface area contributed by atoms with E-state index in [2.05, 4.69) is 5.32 Å². The van der Waals surface area contributed by atoms with Gasteiger partial charge in [-0.05, 0) is 18.4 Å². The van der Waals surface area contributed by atoms with Crippen molar-refractivity contribution in [1.82, 2.24) is 5.32 Å². The summed E-state index contributed by atoms with van der Waals surface area (Å²) in [6, 6.07) is 4.38. The highest BCUT2D eigenvalue weighted by Gasteiger charge is 2.26. The Labute approximate surface area is 130 Å². The summed E-state index contributed by atoms with van der Waals surface area (Å²) in [5.74, 6) is -0.355. The fourth-order valence-corrected chi connectivity index (χ4v) is 1.82. The van der Waals surface area contributed by atoms with E-state index >= 15 is 0 Å². The van der Waals surface area contributed by atoms with Crippen molar-refractivity contribution in [2.24, 2.45) is 5.73 Å². The average Bonchev–Trinajstić information content (AvgIpc) is 2.36. The van der Waals surface area contributed by atoms with Gasteiger partial charge in [-0.3, -0.25) is 14.9 Å². The molecule has 0 aliphatic rings. The van der Waals surface area contributed by atoms with Gasteiger partial charge in [0, 0.05) is 29.8 Å². The normalized spacial score (nSPS) is 12.2. The molecule has 0 heterocycles. The standard InChI is InChI=1S/C14H21N3O3.ClH/c1-9(8-15)16-13(18)10-5-6-11(14(2,3)4)12(7-10)17(19)20;/h5-7,9H,8,15H2,1-4H3,(H,16,18);1H/t9-;/m0./s1. The summed E-state index contributed by atoms with van der Waals surface area (Å²) >= 11 is 0. The summed E-state index contributed by atoms with van der Waals surface area (Å²) in [4.78, 5) is 22.7. The summed E-state index contributed by atoms with van der Waals surface area (Å²) in [5.41, 5.74) is 5.91. The SMILES string of the molecule is C[C@@H](CN)NC(=O)c1ccc(C(C)(C)C)c([N+](=O)[O-])c1.Cl. The van der Waals surface area contributed by atoms with Crippen LogP contribution in [0.2, 0.25) is 0 Å². The number of hydrogen-bond donors (Lipinski definition) is 2. The number of amides is 1. The molecule has 0 bridgehead atoms. The van der Waals surface area contributed by atoms with Gasteiger partial charge < -0.3 is 11.1 Å². The third-order valence-corrected chi connectivity index (χ3v) is 3.00. The predicted molar refractivity (Wildman–Crippen MR) is 85.0 cm³/mol. The van der Waals surface area contributed by atoms with Crippen molar-refractivity contribution in [1.29, 1.82) is 0 Å². The average molecular weight is 316 g/mol. The molecule has 7 heteroatoms. The first-order chi connectivity index (χ1) is 9.16. The summed E-state index contributed by atoms with van der Waals surface area (Å²) in [6.07, 6.45) is 0. The summed E-state index contributed by atoms with van der Waals surface area (Å²) in [7, 11) is 0. The topological polar surface area (TPSA) is 98.3 Å². The zero-order valence-electron chi connectivity index (χ0n) is 12.7. The smallest absolute Gasteiger partial charge is 0.273 e. The van der Waals surface area contributed by atoms with Gasteiger partial charge in [-0.2, -0.15) is 0 Å². The molecule has 0 aromatic heterocycles. The molecule has 0 radical (unpaired) electrons. The number of benzene rings is 1. The molecule has 0 unspecified atom stereocenters. The van der Waals surface area contributed by atoms with Crippen molar-refractivity contribution in [3.05, 3.63) is 39.4 Å². The minimum Gasteiger partial charge on any atom is -0.348 e. The van der Waals surface area contributed by atoms with E-state index in [1.807, 2.05) is 20.8 Å². The molecule has 1 aromatic rings. The van der Waals surface area contributed by atoms with Crippen LogP contribution in [0.1, 0.15) is 43.6 Å². The predicted octanol–water partition coefficient (Wildman–Crippen LogP) is 2.39. The lowest BCUT2D eigenvalue weighted by Gasteiger charge is -2.19. The molecule has 1 atom stereocenters. The number of hydrogen-bond acceptors (Lipinski definition) is 4. The molecule has 0 fully saturated rings. The van der Waals surface area contributed by atoms with E-state index in [0.29, 0.717) is 12.1 Å². The quantitative estimate of drug-likeness (QED) is 0.658. The van der Waals surface area contributed by atoms with Crippen molar-refractivity contribution < 1.29 is 9.72 Å². The summed E-state index contributed by atoms with van der Waals surface area (Å²) < 4.78 is 0. The van der Waals surface area contributed by atoms with Crippen LogP contribution in [0.4, 0.5) is 5.69 Å². The number of carbonyl (C=O) groups is 1. The highest BCUT2D eigenvalue weighted by Crippen LogP contribution is 2.31. The van der Waals surface area contributed by atoms with Crippen LogP contribution < -0.4 is 11.1 Å². The Balaban J connectivity index is 0.00000400. The van der Waals surface area contributed by atoms with Crippen LogP contribution in [-0.4, -0.2) is 23.4 Å². The molecule has 1 amide bonds. The van der Waals surface area contributed by atoms with Gasteiger partial charge in [0.2, 0.25) is 0 Å². The van der Waals surface area contributed by atoms with Gasteiger partial charge >= 0.3 is 0 Å². The number of rotatable bonds is 4. The van der Waals surface area contributed by atoms with Crippen molar-refractivity contribution >= 4 is 24.0 Å². The molecule has 0 aliphatic heterocycles. The van der Waals surface area contributed by atoms with Crippen LogP contribution in [0.5, 0.6) is 0 Å². The number of nitrogens with one attached hydrogen (secondary N) is 1. The monoisotopic (exact) mass is 315 g/mol.